The molecule has 0 aliphatic heterocycles. The maximum absolute atomic E-state index is 12.0. The number of carbonyl (C=O) groups excluding carboxylic acids is 1. The highest BCUT2D eigenvalue weighted by Crippen LogP contribution is 2.22. The highest BCUT2D eigenvalue weighted by Gasteiger charge is 2.13. The number of aryl methyl sites for hydroxylation is 1. The summed E-state index contributed by atoms with van der Waals surface area (Å²) >= 11 is 5.93. The van der Waals surface area contributed by atoms with E-state index in [2.05, 4.69) is 47.0 Å². The zero-order chi connectivity index (χ0) is 20.8. The highest BCUT2D eigenvalue weighted by atomic mass is 79.9. The Balaban J connectivity index is 1.56. The number of thioether (sulfide) groups is 1. The van der Waals surface area contributed by atoms with Crippen LogP contribution in [0.15, 0.2) is 38.3 Å². The third-order valence-corrected chi connectivity index (χ3v) is 5.73. The van der Waals surface area contributed by atoms with Gasteiger partial charge in [0.25, 0.3) is 5.95 Å². The van der Waals surface area contributed by atoms with Crippen LogP contribution in [0.25, 0.3) is 0 Å². The summed E-state index contributed by atoms with van der Waals surface area (Å²) < 4.78 is 7.40. The van der Waals surface area contributed by atoms with E-state index in [9.17, 15) is 4.79 Å². The molecule has 0 unspecified atom stereocenters. The van der Waals surface area contributed by atoms with Gasteiger partial charge in [-0.05, 0) is 25.1 Å². The first-order valence-corrected chi connectivity index (χ1v) is 10.8. The van der Waals surface area contributed by atoms with E-state index in [1.165, 1.54) is 16.0 Å². The Kier molecular flexibility index (Phi) is 7.06. The molecule has 2 aromatic heterocycles. The van der Waals surface area contributed by atoms with Crippen LogP contribution in [0.4, 0.5) is 11.1 Å². The van der Waals surface area contributed by atoms with E-state index in [-0.39, 0.29) is 17.6 Å². The summed E-state index contributed by atoms with van der Waals surface area (Å²) in [4.78, 5) is 16.2. The van der Waals surface area contributed by atoms with Crippen molar-refractivity contribution in [3.05, 3.63) is 39.3 Å². The van der Waals surface area contributed by atoms with Gasteiger partial charge in [0.2, 0.25) is 11.1 Å². The number of halogens is 1. The molecule has 13 heteroatoms. The molecule has 152 valence electrons. The van der Waals surface area contributed by atoms with Crippen LogP contribution in [0.5, 0.6) is 5.75 Å². The number of rotatable bonds is 8. The van der Waals surface area contributed by atoms with Gasteiger partial charge in [-0.3, -0.25) is 4.79 Å². The van der Waals surface area contributed by atoms with E-state index < -0.39 is 0 Å². The van der Waals surface area contributed by atoms with E-state index in [0.717, 1.165) is 27.5 Å². The summed E-state index contributed by atoms with van der Waals surface area (Å²) in [5.41, 5.74) is 4.35. The molecule has 2 heterocycles. The molecule has 0 fully saturated rings. The van der Waals surface area contributed by atoms with Crippen molar-refractivity contribution >= 4 is 62.2 Å². The summed E-state index contributed by atoms with van der Waals surface area (Å²) in [5, 5.41) is 17.5. The lowest BCUT2D eigenvalue weighted by Gasteiger charge is -2.05. The molecule has 4 N–H and O–H groups in total. The standard InChI is InChI=1S/C16H17BrN8O2S2/c1-9-7-28-15(20-9)21-13(26)8-29-16-24-23-14(25(16)18)22-19-6-10-5-11(17)3-4-12(10)27-2/h3-7H,8,18H2,1-2H3,(H,22,23)(H,20,21,26)/b19-6+. The number of nitrogens with one attached hydrogen (secondary N) is 2. The van der Waals surface area contributed by atoms with Gasteiger partial charge in [0, 0.05) is 15.4 Å². The Labute approximate surface area is 183 Å². The molecular weight excluding hydrogens is 480 g/mol. The number of aromatic nitrogens is 4. The Bertz CT molecular complexity index is 1040. The van der Waals surface area contributed by atoms with Crippen molar-refractivity contribution in [1.29, 1.82) is 0 Å². The highest BCUT2D eigenvalue weighted by molar-refractivity contribution is 9.10. The van der Waals surface area contributed by atoms with Gasteiger partial charge in [-0.2, -0.15) is 5.10 Å². The first-order chi connectivity index (χ1) is 14.0. The molecule has 0 radical (unpaired) electrons. The van der Waals surface area contributed by atoms with Gasteiger partial charge >= 0.3 is 0 Å². The molecule has 29 heavy (non-hydrogen) atoms. The fourth-order valence-electron chi connectivity index (χ4n) is 2.11. The molecule has 3 aromatic rings. The lowest BCUT2D eigenvalue weighted by Crippen LogP contribution is -2.16. The zero-order valence-corrected chi connectivity index (χ0v) is 18.6. The van der Waals surface area contributed by atoms with Crippen molar-refractivity contribution in [3.63, 3.8) is 0 Å². The average molecular weight is 497 g/mol. The van der Waals surface area contributed by atoms with Crippen molar-refractivity contribution in [1.82, 2.24) is 19.9 Å². The van der Waals surface area contributed by atoms with Crippen LogP contribution in [0, 0.1) is 6.92 Å². The quantitative estimate of drug-likeness (QED) is 0.187. The second-order valence-electron chi connectivity index (χ2n) is 5.56. The van der Waals surface area contributed by atoms with Gasteiger partial charge in [0.05, 0.1) is 24.8 Å². The maximum Gasteiger partial charge on any atom is 0.264 e. The smallest absolute Gasteiger partial charge is 0.264 e. The number of thiazole rings is 1. The number of ether oxygens (including phenoxy) is 1. The van der Waals surface area contributed by atoms with Gasteiger partial charge in [-0.25, -0.2) is 15.1 Å². The number of nitrogen functional groups attached to an aromatic ring is 1. The second kappa shape index (κ2) is 9.71. The van der Waals surface area contributed by atoms with Crippen LogP contribution in [0.1, 0.15) is 11.3 Å². The number of nitrogens with zero attached hydrogens (tertiary/aromatic N) is 5. The van der Waals surface area contributed by atoms with E-state index in [0.29, 0.717) is 16.0 Å². The normalized spacial score (nSPS) is 11.0. The van der Waals surface area contributed by atoms with Crippen LogP contribution in [-0.4, -0.2) is 44.8 Å². The number of carbonyl (C=O) groups is 1. The number of hydrazone groups is 1. The summed E-state index contributed by atoms with van der Waals surface area (Å²) in [6.07, 6.45) is 1.58. The number of amides is 1. The number of anilines is 2. The molecule has 10 nitrogen and oxygen atoms in total. The first-order valence-electron chi connectivity index (χ1n) is 8.14. The van der Waals surface area contributed by atoms with Crippen LogP contribution in [-0.2, 0) is 4.79 Å². The van der Waals surface area contributed by atoms with E-state index in [4.69, 9.17) is 10.6 Å². The van der Waals surface area contributed by atoms with Crippen molar-refractivity contribution in [2.24, 2.45) is 5.10 Å². The third-order valence-electron chi connectivity index (χ3n) is 3.42. The summed E-state index contributed by atoms with van der Waals surface area (Å²) in [7, 11) is 1.58. The molecule has 0 saturated carbocycles. The van der Waals surface area contributed by atoms with Gasteiger partial charge in [0.15, 0.2) is 5.13 Å². The lowest BCUT2D eigenvalue weighted by atomic mass is 10.2. The largest absolute Gasteiger partial charge is 0.496 e. The van der Waals surface area contributed by atoms with Crippen LogP contribution in [0.3, 0.4) is 0 Å². The summed E-state index contributed by atoms with van der Waals surface area (Å²) in [6.45, 7) is 1.86. The molecule has 0 atom stereocenters. The van der Waals surface area contributed by atoms with Crippen LogP contribution >= 0.6 is 39.0 Å². The Hall–Kier alpha value is -2.64. The molecule has 0 bridgehead atoms. The van der Waals surface area contributed by atoms with Crippen molar-refractivity contribution in [2.75, 3.05) is 29.4 Å². The predicted molar refractivity (Wildman–Crippen MR) is 118 cm³/mol. The number of hydrogen-bond acceptors (Lipinski definition) is 10. The number of hydrogen-bond donors (Lipinski definition) is 3. The predicted octanol–water partition coefficient (Wildman–Crippen LogP) is 2.70. The SMILES string of the molecule is COc1ccc(Br)cc1/C=N/Nc1nnc(SCC(=O)Nc2nc(C)cs2)n1N. The fourth-order valence-corrected chi connectivity index (χ4v) is 3.85. The van der Waals surface area contributed by atoms with Crippen LogP contribution < -0.4 is 21.3 Å². The Morgan fingerprint density at radius 1 is 1.48 bits per heavy atom. The minimum absolute atomic E-state index is 0.118. The van der Waals surface area contributed by atoms with E-state index >= 15 is 0 Å². The Morgan fingerprint density at radius 2 is 2.31 bits per heavy atom. The van der Waals surface area contributed by atoms with Crippen molar-refractivity contribution < 1.29 is 9.53 Å². The number of benzene rings is 1. The average Bonchev–Trinajstić information content (AvgIpc) is 3.26. The van der Waals surface area contributed by atoms with Gasteiger partial charge in [0.1, 0.15) is 5.75 Å². The van der Waals surface area contributed by atoms with Crippen molar-refractivity contribution in [3.8, 4) is 5.75 Å². The maximum atomic E-state index is 12.0. The third kappa shape index (κ3) is 5.68. The monoisotopic (exact) mass is 496 g/mol. The summed E-state index contributed by atoms with van der Waals surface area (Å²) in [6, 6.07) is 5.56. The fraction of sp³-hybridized carbons (Fsp3) is 0.188. The topological polar surface area (TPSA) is 132 Å². The molecular formula is C16H17BrN8O2S2. The molecule has 0 spiro atoms. The molecule has 0 saturated heterocycles. The summed E-state index contributed by atoms with van der Waals surface area (Å²) in [5.74, 6) is 6.78. The molecule has 3 rings (SSSR count). The minimum Gasteiger partial charge on any atom is -0.496 e. The second-order valence-corrected chi connectivity index (χ2v) is 8.28. The zero-order valence-electron chi connectivity index (χ0n) is 15.4. The molecule has 1 amide bonds. The number of nitrogens with two attached hydrogens (primary N) is 1. The molecule has 0 aliphatic carbocycles. The molecule has 1 aromatic carbocycles. The van der Waals surface area contributed by atoms with Gasteiger partial charge < -0.3 is 15.9 Å². The first kappa shape index (κ1) is 21.1. The van der Waals surface area contributed by atoms with E-state index in [1.807, 2.05) is 30.5 Å². The Morgan fingerprint density at radius 3 is 3.03 bits per heavy atom. The van der Waals surface area contributed by atoms with Crippen LogP contribution in [0.2, 0.25) is 0 Å². The van der Waals surface area contributed by atoms with Gasteiger partial charge in [-0.15, -0.1) is 21.5 Å². The number of methoxy groups -OCH3 is 1. The van der Waals surface area contributed by atoms with Crippen molar-refractivity contribution in [2.45, 2.75) is 12.1 Å². The molecule has 0 aliphatic rings. The van der Waals surface area contributed by atoms with Gasteiger partial charge in [-0.1, -0.05) is 27.7 Å². The van der Waals surface area contributed by atoms with E-state index in [1.54, 1.807) is 13.3 Å². The minimum atomic E-state index is -0.207. The lowest BCUT2D eigenvalue weighted by molar-refractivity contribution is -0.113.